The predicted octanol–water partition coefficient (Wildman–Crippen LogP) is 25.8. The van der Waals surface area contributed by atoms with Crippen LogP contribution in [0, 0.1) is 0 Å². The molecule has 21 rings (SSSR count). The molecule has 0 bridgehead atoms. The van der Waals surface area contributed by atoms with Crippen molar-refractivity contribution < 1.29 is 0 Å². The highest BCUT2D eigenvalue weighted by Gasteiger charge is 2.48. The quantitative estimate of drug-likeness (QED) is 0.114. The van der Waals surface area contributed by atoms with Crippen molar-refractivity contribution in [1.29, 1.82) is 0 Å². The zero-order valence-electron chi connectivity index (χ0n) is 61.1. The number of rotatable bonds is 13. The van der Waals surface area contributed by atoms with E-state index >= 15 is 0 Å². The summed E-state index contributed by atoms with van der Waals surface area (Å²) in [4.78, 5) is 31.1. The minimum Gasteiger partial charge on any atom is -0.208 e. The van der Waals surface area contributed by atoms with Gasteiger partial charge < -0.3 is 0 Å². The second kappa shape index (κ2) is 28.4. The standard InChI is InChI=1S/C56H37N3.C50H33N3/c1-5-17-38(18-6-1)39-29-31-42(32-30-39)54-57-53(41-20-7-2-8-21-41)58-55(59-54)49-36-33-40-19-13-14-26-46(40)52(49)43-34-35-48-47-27-15-16-28-50(47)56(51(48)37-43,44-22-9-3-10-23-44)45-24-11-4-12-25-45;1-5-18-34(19-6-1)47-51-48(35-20-7-2-8-21-35)53-49(52-47)43-33-37-23-14-13-22-36(37)32-42(43)40-29-17-31-45-46(40)41-28-15-16-30-44(41)50(45,38-24-9-3-10-25-38)39-26-11-4-12-27-39/h1-37H;1-33H. The van der Waals surface area contributed by atoms with Crippen LogP contribution in [0.25, 0.3) is 146 Å². The molecule has 2 aliphatic carbocycles. The normalized spacial score (nSPS) is 12.6. The molecule has 0 N–H and O–H groups in total. The molecular formula is C106H70N6. The van der Waals surface area contributed by atoms with E-state index in [1.165, 1.54) is 72.3 Å². The number of fused-ring (bicyclic) bond motifs is 8. The fourth-order valence-corrected chi connectivity index (χ4v) is 17.4. The van der Waals surface area contributed by atoms with Crippen LogP contribution in [0.1, 0.15) is 44.5 Å². The third-order valence-electron chi connectivity index (χ3n) is 22.4. The lowest BCUT2D eigenvalue weighted by molar-refractivity contribution is 0.768. The van der Waals surface area contributed by atoms with E-state index in [0.29, 0.717) is 34.9 Å². The van der Waals surface area contributed by atoms with Crippen LogP contribution in [0.3, 0.4) is 0 Å². The highest BCUT2D eigenvalue weighted by molar-refractivity contribution is 6.06. The van der Waals surface area contributed by atoms with E-state index in [2.05, 4.69) is 364 Å². The Kier molecular flexibility index (Phi) is 16.9. The monoisotopic (exact) mass is 1430 g/mol. The summed E-state index contributed by atoms with van der Waals surface area (Å²) in [6.07, 6.45) is 0. The lowest BCUT2D eigenvalue weighted by Crippen LogP contribution is -2.28. The van der Waals surface area contributed by atoms with Crippen LogP contribution in [0.2, 0.25) is 0 Å². The SMILES string of the molecule is c1ccc(-c2ccc(-c3nc(-c4ccccc4)nc(-c4ccc5ccccc5c4-c4ccc5c(c4)C(c4ccccc4)(c4ccccc4)c4ccccc4-5)n3)cc2)cc1.c1ccc(-c2nc(-c3ccccc3)nc(-c3cc4ccccc4cc3-c3cccc4c3-c3ccccc3C4(c3ccccc3)c3ccccc3)n2)cc1. The van der Waals surface area contributed by atoms with Gasteiger partial charge in [-0.05, 0) is 140 Å². The first-order chi connectivity index (χ1) is 55.5. The van der Waals surface area contributed by atoms with Crippen molar-refractivity contribution >= 4 is 21.5 Å². The van der Waals surface area contributed by atoms with Gasteiger partial charge in [-0.2, -0.15) is 0 Å². The second-order valence-electron chi connectivity index (χ2n) is 28.7. The lowest BCUT2D eigenvalue weighted by Gasteiger charge is -2.34. The van der Waals surface area contributed by atoms with Gasteiger partial charge in [0.05, 0.1) is 10.8 Å². The summed E-state index contributed by atoms with van der Waals surface area (Å²) in [6, 6.07) is 151. The van der Waals surface area contributed by atoms with Crippen LogP contribution in [0.5, 0.6) is 0 Å². The molecule has 112 heavy (non-hydrogen) atoms. The molecule has 17 aromatic carbocycles. The Hall–Kier alpha value is -14.7. The van der Waals surface area contributed by atoms with Gasteiger partial charge in [-0.3, -0.25) is 0 Å². The van der Waals surface area contributed by atoms with Gasteiger partial charge in [-0.1, -0.05) is 400 Å². The first kappa shape index (κ1) is 66.7. The third kappa shape index (κ3) is 11.5. The summed E-state index contributed by atoms with van der Waals surface area (Å²) >= 11 is 0. The molecule has 0 saturated carbocycles. The summed E-state index contributed by atoms with van der Waals surface area (Å²) in [5.74, 6) is 3.81. The van der Waals surface area contributed by atoms with Crippen LogP contribution in [-0.2, 0) is 10.8 Å². The zero-order chi connectivity index (χ0) is 74.4. The highest BCUT2D eigenvalue weighted by atomic mass is 15.0. The third-order valence-corrected chi connectivity index (χ3v) is 22.4. The predicted molar refractivity (Wildman–Crippen MR) is 458 cm³/mol. The summed E-state index contributed by atoms with van der Waals surface area (Å²) in [7, 11) is 0. The molecule has 2 aliphatic rings. The smallest absolute Gasteiger partial charge is 0.164 e. The Labute approximate surface area is 651 Å². The molecule has 0 aliphatic heterocycles. The molecular weight excluding hydrogens is 1360 g/mol. The molecule has 2 heterocycles. The first-order valence-electron chi connectivity index (χ1n) is 38.1. The van der Waals surface area contributed by atoms with Crippen LogP contribution in [-0.4, -0.2) is 29.9 Å². The fraction of sp³-hybridized carbons (Fsp3) is 0.0189. The number of aromatic nitrogens is 6. The summed E-state index contributed by atoms with van der Waals surface area (Å²) in [6.45, 7) is 0. The molecule has 6 heteroatoms. The van der Waals surface area contributed by atoms with E-state index in [4.69, 9.17) is 29.9 Å². The molecule has 0 fully saturated rings. The maximum Gasteiger partial charge on any atom is 0.164 e. The Morgan fingerprint density at radius 3 is 0.982 bits per heavy atom. The number of benzene rings is 17. The second-order valence-corrected chi connectivity index (χ2v) is 28.7. The van der Waals surface area contributed by atoms with Crippen molar-refractivity contribution in [2.45, 2.75) is 10.8 Å². The topological polar surface area (TPSA) is 77.3 Å². The molecule has 6 nitrogen and oxygen atoms in total. The zero-order valence-corrected chi connectivity index (χ0v) is 61.1. The average molecular weight is 1430 g/mol. The van der Waals surface area contributed by atoms with Crippen molar-refractivity contribution in [3.63, 3.8) is 0 Å². The van der Waals surface area contributed by atoms with E-state index in [-0.39, 0.29) is 0 Å². The van der Waals surface area contributed by atoms with Crippen molar-refractivity contribution in [2.24, 2.45) is 0 Å². The van der Waals surface area contributed by atoms with Crippen LogP contribution >= 0.6 is 0 Å². The Morgan fingerprint density at radius 1 is 0.152 bits per heavy atom. The minimum atomic E-state index is -0.526. The van der Waals surface area contributed by atoms with E-state index in [1.807, 2.05) is 60.7 Å². The summed E-state index contributed by atoms with van der Waals surface area (Å²) in [5, 5.41) is 4.58. The number of hydrogen-bond acceptors (Lipinski definition) is 6. The van der Waals surface area contributed by atoms with Gasteiger partial charge in [0.25, 0.3) is 0 Å². The van der Waals surface area contributed by atoms with E-state index < -0.39 is 10.8 Å². The van der Waals surface area contributed by atoms with Gasteiger partial charge in [0, 0.05) is 38.9 Å². The van der Waals surface area contributed by atoms with Gasteiger partial charge in [-0.25, -0.2) is 29.9 Å². The van der Waals surface area contributed by atoms with Crippen molar-refractivity contribution in [1.82, 2.24) is 29.9 Å². The van der Waals surface area contributed by atoms with E-state index in [0.717, 1.165) is 82.7 Å². The van der Waals surface area contributed by atoms with Crippen LogP contribution in [0.15, 0.2) is 425 Å². The molecule has 0 unspecified atom stereocenters. The number of hydrogen-bond donors (Lipinski definition) is 0. The maximum atomic E-state index is 5.30. The lowest BCUT2D eigenvalue weighted by atomic mass is 9.67. The average Bonchev–Trinajstić information content (AvgIpc) is 1.54. The fourth-order valence-electron chi connectivity index (χ4n) is 17.4. The largest absolute Gasteiger partial charge is 0.208 e. The molecule has 524 valence electrons. The molecule has 0 atom stereocenters. The van der Waals surface area contributed by atoms with E-state index in [1.54, 1.807) is 0 Å². The van der Waals surface area contributed by atoms with Gasteiger partial charge in [0.1, 0.15) is 0 Å². The van der Waals surface area contributed by atoms with Gasteiger partial charge in [0.2, 0.25) is 0 Å². The molecule has 2 aromatic heterocycles. The van der Waals surface area contributed by atoms with Crippen molar-refractivity contribution in [3.8, 4) is 124 Å². The summed E-state index contributed by atoms with van der Waals surface area (Å²) in [5.41, 5.74) is 26.4. The molecule has 19 aromatic rings. The first-order valence-corrected chi connectivity index (χ1v) is 38.1. The van der Waals surface area contributed by atoms with Crippen molar-refractivity contribution in [3.05, 3.63) is 469 Å². The van der Waals surface area contributed by atoms with Gasteiger partial charge in [0.15, 0.2) is 34.9 Å². The highest BCUT2D eigenvalue weighted by Crippen LogP contribution is 2.60. The minimum absolute atomic E-state index is 0.504. The summed E-state index contributed by atoms with van der Waals surface area (Å²) < 4.78 is 0. The van der Waals surface area contributed by atoms with Crippen LogP contribution < -0.4 is 0 Å². The Balaban J connectivity index is 0.000000147. The Bertz CT molecular complexity index is 6560. The molecule has 0 spiro atoms. The number of nitrogens with zero attached hydrogens (tertiary/aromatic N) is 6. The molecule has 0 amide bonds. The van der Waals surface area contributed by atoms with Crippen LogP contribution in [0.4, 0.5) is 0 Å². The Morgan fingerprint density at radius 2 is 0.473 bits per heavy atom. The maximum absolute atomic E-state index is 5.30. The van der Waals surface area contributed by atoms with Gasteiger partial charge in [-0.15, -0.1) is 0 Å². The van der Waals surface area contributed by atoms with E-state index in [9.17, 15) is 0 Å². The molecule has 0 saturated heterocycles. The van der Waals surface area contributed by atoms with Crippen molar-refractivity contribution in [2.75, 3.05) is 0 Å². The molecule has 0 radical (unpaired) electrons. The van der Waals surface area contributed by atoms with Gasteiger partial charge >= 0.3 is 0 Å².